The van der Waals surface area contributed by atoms with Crippen LogP contribution in [0.3, 0.4) is 0 Å². The molecule has 0 saturated carbocycles. The zero-order valence-corrected chi connectivity index (χ0v) is 12.0. The Morgan fingerprint density at radius 3 is 2.55 bits per heavy atom. The van der Waals surface area contributed by atoms with Crippen LogP contribution in [0, 0.1) is 0 Å². The molecular weight excluding hydrogens is 303 g/mol. The third-order valence-corrected chi connectivity index (χ3v) is 3.14. The van der Waals surface area contributed by atoms with Crippen LogP contribution in [-0.4, -0.2) is 27.3 Å². The highest BCUT2D eigenvalue weighted by Crippen LogP contribution is 2.28. The smallest absolute Gasteiger partial charge is 0.380 e. The van der Waals surface area contributed by atoms with Crippen molar-refractivity contribution in [2.45, 2.75) is 19.6 Å². The summed E-state index contributed by atoms with van der Waals surface area (Å²) in [5.74, 6) is 0. The molecule has 0 aromatic carbocycles. The summed E-state index contributed by atoms with van der Waals surface area (Å²) in [5, 5.41) is -0.0494. The molecule has 0 bridgehead atoms. The predicted molar refractivity (Wildman–Crippen MR) is 72.7 cm³/mol. The van der Waals surface area contributed by atoms with E-state index in [2.05, 4.69) is 4.98 Å². The van der Waals surface area contributed by atoms with Crippen LogP contribution in [-0.2, 0) is 24.5 Å². The molecule has 0 aliphatic rings. The molecule has 0 N–H and O–H groups in total. The molecule has 6 nitrogen and oxygen atoms in total. The van der Waals surface area contributed by atoms with Crippen molar-refractivity contribution in [1.82, 2.24) is 14.1 Å². The number of nitrogens with zero attached hydrogens (tertiary/aromatic N) is 3. The summed E-state index contributed by atoms with van der Waals surface area (Å²) in [5.41, 5.74) is -2.86. The Kier molecular flexibility index (Phi) is 4.36. The zero-order valence-electron chi connectivity index (χ0n) is 12.0. The molecule has 22 heavy (non-hydrogen) atoms. The lowest BCUT2D eigenvalue weighted by Gasteiger charge is -2.12. The number of hydrogen-bond donors (Lipinski definition) is 0. The molecule has 2 heterocycles. The first-order valence-corrected chi connectivity index (χ1v) is 6.53. The van der Waals surface area contributed by atoms with Crippen molar-refractivity contribution in [1.29, 1.82) is 0 Å². The Bertz CT molecular complexity index is 808. The minimum Gasteiger partial charge on any atom is -0.380 e. The normalized spacial score (nSPS) is 12.0. The van der Waals surface area contributed by atoms with Crippen LogP contribution in [0.2, 0.25) is 0 Å². The molecule has 9 heteroatoms. The predicted octanol–water partition coefficient (Wildman–Crippen LogP) is 1.15. The zero-order chi connectivity index (χ0) is 16.5. The van der Waals surface area contributed by atoms with Crippen LogP contribution < -0.4 is 11.2 Å². The van der Waals surface area contributed by atoms with E-state index in [-0.39, 0.29) is 24.2 Å². The summed E-state index contributed by atoms with van der Waals surface area (Å²) in [6, 6.07) is 1.76. The maximum atomic E-state index is 12.7. The van der Waals surface area contributed by atoms with E-state index in [0.717, 1.165) is 21.3 Å². The van der Waals surface area contributed by atoms with Gasteiger partial charge in [-0.25, -0.2) is 9.78 Å². The summed E-state index contributed by atoms with van der Waals surface area (Å²) < 4.78 is 45.0. The van der Waals surface area contributed by atoms with Crippen LogP contribution in [0.1, 0.15) is 12.6 Å². The highest BCUT2D eigenvalue weighted by molar-refractivity contribution is 5.74. The lowest BCUT2D eigenvalue weighted by atomic mass is 10.2. The van der Waals surface area contributed by atoms with E-state index in [1.165, 1.54) is 7.05 Å². The molecule has 0 aliphatic carbocycles. The Morgan fingerprint density at radius 1 is 1.27 bits per heavy atom. The molecule has 0 unspecified atom stereocenters. The van der Waals surface area contributed by atoms with Gasteiger partial charge in [0.05, 0.1) is 18.5 Å². The first-order valence-electron chi connectivity index (χ1n) is 6.53. The van der Waals surface area contributed by atoms with Crippen molar-refractivity contribution in [3.05, 3.63) is 38.7 Å². The summed E-state index contributed by atoms with van der Waals surface area (Å²) in [6.07, 6.45) is -4.64. The minimum atomic E-state index is -4.64. The number of alkyl halides is 3. The van der Waals surface area contributed by atoms with Crippen LogP contribution in [0.15, 0.2) is 21.7 Å². The van der Waals surface area contributed by atoms with Crippen molar-refractivity contribution < 1.29 is 17.9 Å². The lowest BCUT2D eigenvalue weighted by Crippen LogP contribution is -2.40. The van der Waals surface area contributed by atoms with Crippen molar-refractivity contribution in [2.75, 3.05) is 13.2 Å². The molecule has 0 saturated heterocycles. The van der Waals surface area contributed by atoms with Gasteiger partial charge in [-0.15, -0.1) is 0 Å². The van der Waals surface area contributed by atoms with Crippen LogP contribution in [0.5, 0.6) is 0 Å². The molecule has 0 atom stereocenters. The first kappa shape index (κ1) is 16.2. The van der Waals surface area contributed by atoms with Crippen molar-refractivity contribution >= 4 is 11.0 Å². The fourth-order valence-electron chi connectivity index (χ4n) is 2.03. The van der Waals surface area contributed by atoms with E-state index in [4.69, 9.17) is 4.74 Å². The molecule has 120 valence electrons. The van der Waals surface area contributed by atoms with E-state index in [0.29, 0.717) is 6.61 Å². The van der Waals surface area contributed by atoms with E-state index in [1.807, 2.05) is 0 Å². The number of ether oxygens (including phenoxy) is 1. The van der Waals surface area contributed by atoms with Gasteiger partial charge >= 0.3 is 11.9 Å². The second kappa shape index (κ2) is 5.91. The van der Waals surface area contributed by atoms with Gasteiger partial charge in [0.25, 0.3) is 5.56 Å². The minimum absolute atomic E-state index is 0.0241. The first-order chi connectivity index (χ1) is 10.3. The molecule has 2 aromatic heterocycles. The van der Waals surface area contributed by atoms with Gasteiger partial charge in [-0.3, -0.25) is 13.9 Å². The average Bonchev–Trinajstić information content (AvgIpc) is 2.47. The molecule has 0 aliphatic heterocycles. The van der Waals surface area contributed by atoms with Crippen molar-refractivity contribution in [2.24, 2.45) is 7.05 Å². The molecule has 2 rings (SSSR count). The van der Waals surface area contributed by atoms with Gasteiger partial charge < -0.3 is 4.74 Å². The summed E-state index contributed by atoms with van der Waals surface area (Å²) in [4.78, 5) is 27.7. The molecule has 0 fully saturated rings. The van der Waals surface area contributed by atoms with Gasteiger partial charge in [0.2, 0.25) is 0 Å². The Morgan fingerprint density at radius 2 is 1.95 bits per heavy atom. The van der Waals surface area contributed by atoms with Crippen LogP contribution >= 0.6 is 0 Å². The molecule has 0 amide bonds. The number of fused-ring (bicyclic) bond motifs is 1. The molecule has 2 aromatic rings. The number of aromatic nitrogens is 3. The van der Waals surface area contributed by atoms with Crippen LogP contribution in [0.25, 0.3) is 11.0 Å². The SMILES string of the molecule is CCOCCn1c(=O)c2ccc(C(F)(F)F)nc2n(C)c1=O. The van der Waals surface area contributed by atoms with Gasteiger partial charge in [-0.1, -0.05) is 0 Å². The summed E-state index contributed by atoms with van der Waals surface area (Å²) >= 11 is 0. The van der Waals surface area contributed by atoms with E-state index < -0.39 is 23.1 Å². The highest BCUT2D eigenvalue weighted by Gasteiger charge is 2.33. The number of aryl methyl sites for hydroxylation is 1. The molecule has 0 radical (unpaired) electrons. The maximum absolute atomic E-state index is 12.7. The third-order valence-electron chi connectivity index (χ3n) is 3.14. The van der Waals surface area contributed by atoms with E-state index in [1.54, 1.807) is 6.92 Å². The van der Waals surface area contributed by atoms with Crippen molar-refractivity contribution in [3.63, 3.8) is 0 Å². The Hall–Kier alpha value is -2.16. The van der Waals surface area contributed by atoms with E-state index in [9.17, 15) is 22.8 Å². The lowest BCUT2D eigenvalue weighted by molar-refractivity contribution is -0.141. The fraction of sp³-hybridized carbons (Fsp3) is 0.462. The summed E-state index contributed by atoms with van der Waals surface area (Å²) in [6.45, 7) is 2.38. The van der Waals surface area contributed by atoms with E-state index >= 15 is 0 Å². The second-order valence-corrected chi connectivity index (χ2v) is 4.56. The number of pyridine rings is 1. The number of halogens is 3. The maximum Gasteiger partial charge on any atom is 0.433 e. The quantitative estimate of drug-likeness (QED) is 0.794. The van der Waals surface area contributed by atoms with Gasteiger partial charge in [0.15, 0.2) is 0 Å². The highest BCUT2D eigenvalue weighted by atomic mass is 19.4. The number of rotatable bonds is 4. The third kappa shape index (κ3) is 2.89. The largest absolute Gasteiger partial charge is 0.433 e. The molecule has 0 spiro atoms. The van der Waals surface area contributed by atoms with Crippen LogP contribution in [0.4, 0.5) is 13.2 Å². The average molecular weight is 317 g/mol. The Labute approximate surface area is 122 Å². The number of hydrogen-bond acceptors (Lipinski definition) is 4. The Balaban J connectivity index is 2.65. The second-order valence-electron chi connectivity index (χ2n) is 4.56. The fourth-order valence-corrected chi connectivity index (χ4v) is 2.03. The monoisotopic (exact) mass is 317 g/mol. The standard InChI is InChI=1S/C13H14F3N3O3/c1-3-22-7-6-19-11(20)8-4-5-9(13(14,15)16)17-10(8)18(2)12(19)21/h4-5H,3,6-7H2,1-2H3. The van der Waals surface area contributed by atoms with Gasteiger partial charge in [-0.2, -0.15) is 13.2 Å². The van der Waals surface area contributed by atoms with Gasteiger partial charge in [0.1, 0.15) is 11.3 Å². The summed E-state index contributed by atoms with van der Waals surface area (Å²) in [7, 11) is 1.27. The van der Waals surface area contributed by atoms with Crippen molar-refractivity contribution in [3.8, 4) is 0 Å². The topological polar surface area (TPSA) is 66.1 Å². The molecular formula is C13H14F3N3O3. The van der Waals surface area contributed by atoms with Gasteiger partial charge in [-0.05, 0) is 19.1 Å². The van der Waals surface area contributed by atoms with Gasteiger partial charge in [0, 0.05) is 13.7 Å².